The second-order valence-electron chi connectivity index (χ2n) is 1.76. The Morgan fingerprint density at radius 3 is 2.90 bits per heavy atom. The molecule has 1 heterocycles. The van der Waals surface area contributed by atoms with Crippen molar-refractivity contribution in [1.82, 2.24) is 9.97 Å². The van der Waals surface area contributed by atoms with Crippen molar-refractivity contribution in [3.63, 3.8) is 0 Å². The molecule has 0 amide bonds. The molecule has 1 aromatic rings. The average molecular weight is 139 g/mol. The largest absolute Gasteiger partial charge is 0.249 e. The summed E-state index contributed by atoms with van der Waals surface area (Å²) in [6.07, 6.45) is 1.08. The molecular weight excluding hydrogens is 133 g/mol. The first-order valence-corrected chi connectivity index (χ1v) is 2.70. The maximum atomic E-state index is 12.4. The standard InChI is InChI=1S/C6H6FN3/c1-4-5(7)3-9-6(8-2)10-4/h3H,2H2,1H3. The van der Waals surface area contributed by atoms with Crippen molar-refractivity contribution in [1.29, 1.82) is 0 Å². The molecule has 3 nitrogen and oxygen atoms in total. The molecule has 1 aromatic heterocycles. The van der Waals surface area contributed by atoms with E-state index in [2.05, 4.69) is 21.7 Å². The second-order valence-corrected chi connectivity index (χ2v) is 1.76. The summed E-state index contributed by atoms with van der Waals surface area (Å²) in [5, 5.41) is 0. The van der Waals surface area contributed by atoms with Gasteiger partial charge < -0.3 is 0 Å². The Labute approximate surface area is 57.7 Å². The minimum absolute atomic E-state index is 0.207. The molecule has 0 aliphatic carbocycles. The van der Waals surface area contributed by atoms with Gasteiger partial charge in [0.1, 0.15) is 0 Å². The molecule has 0 unspecified atom stereocenters. The molecular formula is C6H6FN3. The number of hydrogen-bond donors (Lipinski definition) is 0. The van der Waals surface area contributed by atoms with Gasteiger partial charge in [0.15, 0.2) is 5.82 Å². The highest BCUT2D eigenvalue weighted by Crippen LogP contribution is 2.05. The minimum Gasteiger partial charge on any atom is -0.228 e. The van der Waals surface area contributed by atoms with Crippen LogP contribution in [-0.2, 0) is 0 Å². The van der Waals surface area contributed by atoms with Gasteiger partial charge in [-0.15, -0.1) is 0 Å². The van der Waals surface area contributed by atoms with E-state index in [0.29, 0.717) is 0 Å². The van der Waals surface area contributed by atoms with Crippen molar-refractivity contribution in [2.75, 3.05) is 0 Å². The van der Waals surface area contributed by atoms with Crippen molar-refractivity contribution < 1.29 is 4.39 Å². The molecule has 0 fully saturated rings. The van der Waals surface area contributed by atoms with Crippen LogP contribution in [0.2, 0.25) is 0 Å². The first-order valence-electron chi connectivity index (χ1n) is 2.70. The lowest BCUT2D eigenvalue weighted by molar-refractivity contribution is 0.602. The number of nitrogens with zero attached hydrogens (tertiary/aromatic N) is 3. The first kappa shape index (κ1) is 6.80. The van der Waals surface area contributed by atoms with Crippen LogP contribution in [0.3, 0.4) is 0 Å². The smallest absolute Gasteiger partial charge is 0.228 e. The molecule has 1 rings (SSSR count). The van der Waals surface area contributed by atoms with E-state index < -0.39 is 5.82 Å². The zero-order chi connectivity index (χ0) is 7.56. The second kappa shape index (κ2) is 2.51. The Kier molecular flexibility index (Phi) is 1.71. The Bertz CT molecular complexity index is 259. The Hall–Kier alpha value is -1.32. The first-order chi connectivity index (χ1) is 4.74. The van der Waals surface area contributed by atoms with E-state index in [4.69, 9.17) is 0 Å². The maximum Gasteiger partial charge on any atom is 0.249 e. The van der Waals surface area contributed by atoms with Crippen molar-refractivity contribution in [2.24, 2.45) is 4.99 Å². The van der Waals surface area contributed by atoms with E-state index in [1.54, 1.807) is 6.92 Å². The minimum atomic E-state index is -0.424. The topological polar surface area (TPSA) is 38.1 Å². The van der Waals surface area contributed by atoms with Crippen LogP contribution < -0.4 is 0 Å². The van der Waals surface area contributed by atoms with Crippen LogP contribution in [0, 0.1) is 12.7 Å². The van der Waals surface area contributed by atoms with Crippen molar-refractivity contribution in [3.8, 4) is 0 Å². The molecule has 0 aliphatic heterocycles. The summed E-state index contributed by atoms with van der Waals surface area (Å²) in [5.41, 5.74) is 0.289. The third-order valence-electron chi connectivity index (χ3n) is 1.05. The van der Waals surface area contributed by atoms with Gasteiger partial charge in [-0.05, 0) is 13.6 Å². The van der Waals surface area contributed by atoms with E-state index in [9.17, 15) is 4.39 Å². The normalized spacial score (nSPS) is 9.40. The molecule has 0 aromatic carbocycles. The molecule has 0 saturated carbocycles. The number of rotatable bonds is 1. The molecule has 0 radical (unpaired) electrons. The molecule has 0 atom stereocenters. The van der Waals surface area contributed by atoms with Crippen LogP contribution in [0.25, 0.3) is 0 Å². The number of halogens is 1. The van der Waals surface area contributed by atoms with Gasteiger partial charge in [-0.2, -0.15) is 0 Å². The Morgan fingerprint density at radius 1 is 1.70 bits per heavy atom. The van der Waals surface area contributed by atoms with Crippen LogP contribution in [0.4, 0.5) is 10.3 Å². The summed E-state index contributed by atoms with van der Waals surface area (Å²) < 4.78 is 12.4. The number of aryl methyl sites for hydroxylation is 1. The van der Waals surface area contributed by atoms with Crippen molar-refractivity contribution >= 4 is 12.7 Å². The van der Waals surface area contributed by atoms with E-state index >= 15 is 0 Å². The highest BCUT2D eigenvalue weighted by atomic mass is 19.1. The third kappa shape index (κ3) is 1.15. The number of hydrogen-bond acceptors (Lipinski definition) is 3. The predicted molar refractivity (Wildman–Crippen MR) is 35.9 cm³/mol. The van der Waals surface area contributed by atoms with Gasteiger partial charge in [0.05, 0.1) is 11.9 Å². The van der Waals surface area contributed by atoms with Crippen LogP contribution >= 0.6 is 0 Å². The maximum absolute atomic E-state index is 12.4. The van der Waals surface area contributed by atoms with E-state index in [-0.39, 0.29) is 11.6 Å². The molecule has 4 heteroatoms. The molecule has 0 aliphatic rings. The molecule has 52 valence electrons. The lowest BCUT2D eigenvalue weighted by Gasteiger charge is -1.93. The Balaban J connectivity index is 3.16. The zero-order valence-electron chi connectivity index (χ0n) is 5.50. The summed E-state index contributed by atoms with van der Waals surface area (Å²) in [4.78, 5) is 10.7. The van der Waals surface area contributed by atoms with Crippen molar-refractivity contribution in [2.45, 2.75) is 6.92 Å². The molecule has 0 bridgehead atoms. The van der Waals surface area contributed by atoms with Gasteiger partial charge in [0.25, 0.3) is 0 Å². The fraction of sp³-hybridized carbons (Fsp3) is 0.167. The molecule has 0 saturated heterocycles. The highest BCUT2D eigenvalue weighted by Gasteiger charge is 1.98. The quantitative estimate of drug-likeness (QED) is 0.549. The fourth-order valence-corrected chi connectivity index (χ4v) is 0.516. The van der Waals surface area contributed by atoms with Crippen LogP contribution in [-0.4, -0.2) is 16.7 Å². The third-order valence-corrected chi connectivity index (χ3v) is 1.05. The molecule has 0 spiro atoms. The Morgan fingerprint density at radius 2 is 2.40 bits per heavy atom. The van der Waals surface area contributed by atoms with Gasteiger partial charge >= 0.3 is 0 Å². The predicted octanol–water partition coefficient (Wildman–Crippen LogP) is 1.26. The molecule has 0 N–H and O–H groups in total. The van der Waals surface area contributed by atoms with Gasteiger partial charge in [-0.3, -0.25) is 0 Å². The van der Waals surface area contributed by atoms with Crippen LogP contribution in [0.15, 0.2) is 11.2 Å². The van der Waals surface area contributed by atoms with Gasteiger partial charge in [0, 0.05) is 0 Å². The number of aromatic nitrogens is 2. The lowest BCUT2D eigenvalue weighted by Crippen LogP contribution is -1.89. The van der Waals surface area contributed by atoms with Crippen molar-refractivity contribution in [3.05, 3.63) is 17.7 Å². The fourth-order valence-electron chi connectivity index (χ4n) is 0.516. The number of aliphatic imine (C=N–C) groups is 1. The summed E-state index contributed by atoms with van der Waals surface area (Å²) in [5.74, 6) is -0.216. The van der Waals surface area contributed by atoms with E-state index in [1.165, 1.54) is 0 Å². The van der Waals surface area contributed by atoms with Crippen LogP contribution in [0.1, 0.15) is 5.69 Å². The monoisotopic (exact) mass is 139 g/mol. The van der Waals surface area contributed by atoms with Gasteiger partial charge in [-0.25, -0.2) is 19.4 Å². The average Bonchev–Trinajstić information content (AvgIpc) is 1.95. The molecule has 10 heavy (non-hydrogen) atoms. The summed E-state index contributed by atoms with van der Waals surface area (Å²) in [6.45, 7) is 4.75. The zero-order valence-corrected chi connectivity index (χ0v) is 5.50. The lowest BCUT2D eigenvalue weighted by atomic mass is 10.4. The van der Waals surface area contributed by atoms with E-state index in [1.807, 2.05) is 0 Å². The van der Waals surface area contributed by atoms with E-state index in [0.717, 1.165) is 6.20 Å². The summed E-state index contributed by atoms with van der Waals surface area (Å²) in [6, 6.07) is 0. The SMILES string of the molecule is C=Nc1ncc(F)c(C)n1. The summed E-state index contributed by atoms with van der Waals surface area (Å²) >= 11 is 0. The van der Waals surface area contributed by atoms with Crippen LogP contribution in [0.5, 0.6) is 0 Å². The summed E-state index contributed by atoms with van der Waals surface area (Å²) in [7, 11) is 0. The highest BCUT2D eigenvalue weighted by molar-refractivity contribution is 5.34. The van der Waals surface area contributed by atoms with Gasteiger partial charge in [0.2, 0.25) is 5.95 Å². The van der Waals surface area contributed by atoms with Gasteiger partial charge in [-0.1, -0.05) is 0 Å².